The summed E-state index contributed by atoms with van der Waals surface area (Å²) in [5.41, 5.74) is -0.766. The van der Waals surface area contributed by atoms with Crippen LogP contribution < -0.4 is 5.32 Å². The molecule has 0 bridgehead atoms. The average Bonchev–Trinajstić information content (AvgIpc) is 2.72. The molecule has 4 heteroatoms. The maximum absolute atomic E-state index is 12.4. The Morgan fingerprint density at radius 1 is 1.20 bits per heavy atom. The lowest BCUT2D eigenvalue weighted by Crippen LogP contribution is -2.43. The number of nitrogens with zero attached hydrogens (tertiary/aromatic N) is 2. The van der Waals surface area contributed by atoms with Crippen molar-refractivity contribution >= 4 is 5.91 Å². The van der Waals surface area contributed by atoms with Crippen LogP contribution in [0.4, 0.5) is 0 Å². The summed E-state index contributed by atoms with van der Waals surface area (Å²) in [6, 6.07) is 2.31. The van der Waals surface area contributed by atoms with Crippen LogP contribution in [0.2, 0.25) is 0 Å². The van der Waals surface area contributed by atoms with Gasteiger partial charge in [0.05, 0.1) is 6.07 Å². The molecule has 1 aliphatic carbocycles. The minimum absolute atomic E-state index is 0.0468. The summed E-state index contributed by atoms with van der Waals surface area (Å²) in [4.78, 5) is 14.7. The van der Waals surface area contributed by atoms with Crippen molar-refractivity contribution in [2.24, 2.45) is 5.41 Å². The van der Waals surface area contributed by atoms with Crippen LogP contribution in [0.5, 0.6) is 0 Å². The molecule has 0 aromatic rings. The van der Waals surface area contributed by atoms with E-state index in [0.29, 0.717) is 6.54 Å². The minimum atomic E-state index is -0.766. The van der Waals surface area contributed by atoms with Crippen molar-refractivity contribution in [3.05, 3.63) is 0 Å². The molecule has 0 unspecified atom stereocenters. The second-order valence-electron chi connectivity index (χ2n) is 5.80. The molecule has 20 heavy (non-hydrogen) atoms. The van der Waals surface area contributed by atoms with Gasteiger partial charge in [0.2, 0.25) is 5.91 Å². The van der Waals surface area contributed by atoms with E-state index in [1.807, 2.05) is 0 Å². The molecule has 0 aromatic carbocycles. The van der Waals surface area contributed by atoms with Crippen LogP contribution in [0.25, 0.3) is 0 Å². The van der Waals surface area contributed by atoms with E-state index in [4.69, 9.17) is 0 Å². The van der Waals surface area contributed by atoms with Crippen LogP contribution in [0.15, 0.2) is 0 Å². The Morgan fingerprint density at radius 3 is 2.35 bits per heavy atom. The summed E-state index contributed by atoms with van der Waals surface area (Å²) < 4.78 is 0. The molecular weight excluding hydrogens is 250 g/mol. The number of carbonyl (C=O) groups is 1. The van der Waals surface area contributed by atoms with Gasteiger partial charge in [-0.05, 0) is 32.4 Å². The maximum Gasteiger partial charge on any atom is 0.240 e. The lowest BCUT2D eigenvalue weighted by molar-refractivity contribution is -0.128. The topological polar surface area (TPSA) is 56.1 Å². The van der Waals surface area contributed by atoms with Gasteiger partial charge in [-0.2, -0.15) is 5.26 Å². The molecule has 1 aliphatic rings. The fraction of sp³-hybridized carbons (Fsp3) is 0.875. The number of nitriles is 1. The van der Waals surface area contributed by atoms with Crippen LogP contribution in [-0.4, -0.2) is 37.0 Å². The van der Waals surface area contributed by atoms with Crippen molar-refractivity contribution in [1.29, 1.82) is 5.26 Å². The predicted octanol–water partition coefficient (Wildman–Crippen LogP) is 2.70. The first-order valence-corrected chi connectivity index (χ1v) is 8.10. The van der Waals surface area contributed by atoms with Gasteiger partial charge in [-0.25, -0.2) is 0 Å². The molecule has 1 saturated carbocycles. The van der Waals surface area contributed by atoms with Gasteiger partial charge in [0.15, 0.2) is 0 Å². The Hall–Kier alpha value is -1.08. The summed E-state index contributed by atoms with van der Waals surface area (Å²) in [5, 5.41) is 12.4. The molecule has 0 aromatic heterocycles. The fourth-order valence-electron chi connectivity index (χ4n) is 2.96. The molecule has 0 atom stereocenters. The monoisotopic (exact) mass is 279 g/mol. The number of rotatable bonds is 7. The van der Waals surface area contributed by atoms with E-state index in [-0.39, 0.29) is 5.91 Å². The quantitative estimate of drug-likeness (QED) is 0.729. The van der Waals surface area contributed by atoms with Gasteiger partial charge >= 0.3 is 0 Å². The van der Waals surface area contributed by atoms with Gasteiger partial charge in [-0.15, -0.1) is 0 Å². The molecule has 0 spiro atoms. The largest absolute Gasteiger partial charge is 0.353 e. The highest BCUT2D eigenvalue weighted by molar-refractivity contribution is 5.85. The Bertz CT molecular complexity index is 327. The Kier molecular flexibility index (Phi) is 7.61. The summed E-state index contributed by atoms with van der Waals surface area (Å²) in [5.74, 6) is -0.0468. The third kappa shape index (κ3) is 4.79. The van der Waals surface area contributed by atoms with Crippen molar-refractivity contribution in [3.63, 3.8) is 0 Å². The normalized spacial score (nSPS) is 18.3. The lowest BCUT2D eigenvalue weighted by atomic mass is 9.81. The number of hydrogen-bond donors (Lipinski definition) is 1. The molecule has 1 N–H and O–H groups in total. The van der Waals surface area contributed by atoms with E-state index in [1.165, 1.54) is 0 Å². The maximum atomic E-state index is 12.4. The molecule has 0 radical (unpaired) electrons. The third-order valence-electron chi connectivity index (χ3n) is 4.31. The highest BCUT2D eigenvalue weighted by atomic mass is 16.2. The Balaban J connectivity index is 2.45. The van der Waals surface area contributed by atoms with Crippen molar-refractivity contribution in [2.45, 2.75) is 58.8 Å². The van der Waals surface area contributed by atoms with E-state index >= 15 is 0 Å². The second-order valence-corrected chi connectivity index (χ2v) is 5.80. The van der Waals surface area contributed by atoms with Crippen LogP contribution in [0, 0.1) is 16.7 Å². The summed E-state index contributed by atoms with van der Waals surface area (Å²) >= 11 is 0. The van der Waals surface area contributed by atoms with Crippen molar-refractivity contribution in [2.75, 3.05) is 26.2 Å². The minimum Gasteiger partial charge on any atom is -0.353 e. The summed E-state index contributed by atoms with van der Waals surface area (Å²) in [7, 11) is 0. The second kappa shape index (κ2) is 8.97. The van der Waals surface area contributed by atoms with Crippen LogP contribution in [-0.2, 0) is 4.79 Å². The molecule has 0 heterocycles. The van der Waals surface area contributed by atoms with E-state index in [9.17, 15) is 10.1 Å². The highest BCUT2D eigenvalue weighted by Gasteiger charge is 2.38. The average molecular weight is 279 g/mol. The molecule has 1 rings (SSSR count). The smallest absolute Gasteiger partial charge is 0.240 e. The van der Waals surface area contributed by atoms with E-state index < -0.39 is 5.41 Å². The van der Waals surface area contributed by atoms with Crippen molar-refractivity contribution in [3.8, 4) is 6.07 Å². The SMILES string of the molecule is CCCN(CC)CCNC(=O)C1(C#N)CCCCCC1. The van der Waals surface area contributed by atoms with Crippen molar-refractivity contribution < 1.29 is 4.79 Å². The molecule has 1 amide bonds. The van der Waals surface area contributed by atoms with E-state index in [2.05, 4.69) is 30.1 Å². The summed E-state index contributed by atoms with van der Waals surface area (Å²) in [6.45, 7) is 7.90. The zero-order valence-electron chi connectivity index (χ0n) is 13.1. The number of carbonyl (C=O) groups excluding carboxylic acids is 1. The fourth-order valence-corrected chi connectivity index (χ4v) is 2.96. The first-order chi connectivity index (χ1) is 9.68. The van der Waals surface area contributed by atoms with Gasteiger partial charge in [0.25, 0.3) is 0 Å². The van der Waals surface area contributed by atoms with Gasteiger partial charge < -0.3 is 10.2 Å². The van der Waals surface area contributed by atoms with Gasteiger partial charge in [0, 0.05) is 13.1 Å². The van der Waals surface area contributed by atoms with Crippen LogP contribution >= 0.6 is 0 Å². The molecule has 4 nitrogen and oxygen atoms in total. The number of nitrogens with one attached hydrogen (secondary N) is 1. The van der Waals surface area contributed by atoms with Gasteiger partial charge in [0.1, 0.15) is 5.41 Å². The van der Waals surface area contributed by atoms with Crippen molar-refractivity contribution in [1.82, 2.24) is 10.2 Å². The molecular formula is C16H29N3O. The van der Waals surface area contributed by atoms with Gasteiger partial charge in [-0.3, -0.25) is 4.79 Å². The summed E-state index contributed by atoms with van der Waals surface area (Å²) in [6.07, 6.45) is 6.87. The molecule has 0 aliphatic heterocycles. The Morgan fingerprint density at radius 2 is 1.85 bits per heavy atom. The van der Waals surface area contributed by atoms with E-state index in [0.717, 1.165) is 64.6 Å². The third-order valence-corrected chi connectivity index (χ3v) is 4.31. The number of hydrogen-bond acceptors (Lipinski definition) is 3. The van der Waals surface area contributed by atoms with Crippen LogP contribution in [0.1, 0.15) is 58.8 Å². The first kappa shape index (κ1) is 17.0. The lowest BCUT2D eigenvalue weighted by Gasteiger charge is -2.25. The highest BCUT2D eigenvalue weighted by Crippen LogP contribution is 2.34. The first-order valence-electron chi connectivity index (χ1n) is 8.10. The number of likely N-dealkylation sites (N-methyl/N-ethyl adjacent to an activating group) is 1. The van der Waals surface area contributed by atoms with Crippen LogP contribution in [0.3, 0.4) is 0 Å². The Labute approximate surface area is 123 Å². The standard InChI is InChI=1S/C16H29N3O/c1-3-12-19(4-2)13-11-18-15(20)16(14-17)9-7-5-6-8-10-16/h3-13H2,1-2H3,(H,18,20). The zero-order valence-corrected chi connectivity index (χ0v) is 13.1. The predicted molar refractivity (Wildman–Crippen MR) is 81.2 cm³/mol. The number of amides is 1. The zero-order chi connectivity index (χ0) is 14.8. The van der Waals surface area contributed by atoms with Gasteiger partial charge in [-0.1, -0.05) is 39.5 Å². The molecule has 1 fully saturated rings. The molecule has 0 saturated heterocycles. The van der Waals surface area contributed by atoms with E-state index in [1.54, 1.807) is 0 Å². The molecule has 114 valence electrons.